The molecule has 0 aliphatic carbocycles. The van der Waals surface area contributed by atoms with Gasteiger partial charge >= 0.3 is 11.9 Å². The number of halogens is 4. The first-order chi connectivity index (χ1) is 58.6. The van der Waals surface area contributed by atoms with Crippen molar-refractivity contribution in [1.82, 2.24) is 42.5 Å². The molecule has 0 radical (unpaired) electrons. The summed E-state index contributed by atoms with van der Waals surface area (Å²) in [6, 6.07) is -1.40. The van der Waals surface area contributed by atoms with Gasteiger partial charge in [0, 0.05) is 40.8 Å². The number of aliphatic hydroxyl groups excluding tert-OH is 8. The highest BCUT2D eigenvalue weighted by Gasteiger charge is 2.52. The molecule has 19 atom stereocenters. The molecule has 2 saturated heterocycles. The van der Waals surface area contributed by atoms with E-state index in [4.69, 9.17) is 79.6 Å². The van der Waals surface area contributed by atoms with E-state index in [1.54, 1.807) is 0 Å². The standard InChI is InChI=1S/C81H82Cl4N8O30/c1-3-4-5-6-7-8-9-10-51(99)87-61-65(103)67(105)71(79(115)116)123-80(61)122-70-48-22-32-23-49(70)119-69-40(83)19-33(20-41(69)84)63(101)60-77(112)91-58(78(113)114)37-24-34(95)25-47(120-81-68(106)66(104)64(102)50(28-94)121-81)52(37)36-17-29(11-14-42(36)96)55(73(108)93-60)88-74(109)56(32)89-75(110)57-38-26-35(27-44(98)53(38)85)117-46-21-30(12-15-43(46)97)54(86-2)72(107)92-59(76(111)90-57)62(100)31-13-16-45(118-48)39(82)18-31/h11-27,50,54-68,71,80-81,86,94-98,100-106H,3-10,28H2,1-2H3,(H,87,99)(H,88,109)(H,89,110)(H,90,111)(H,91,112)(H,92,107)(H,93,108)(H,113,114)(H,115,116)/t50-,54-,55+,56+,57-,58?,59+,60-,61-,62+,63+,64-,65-,66+,67+,68+,71+,80-,81-/m0/s1. The number of carboxylic acids is 2. The van der Waals surface area contributed by atoms with Crippen LogP contribution < -0.4 is 66.2 Å². The van der Waals surface area contributed by atoms with E-state index in [1.807, 2.05) is 6.92 Å². The maximum atomic E-state index is 16.7. The van der Waals surface area contributed by atoms with E-state index in [9.17, 15) is 90.7 Å². The second kappa shape index (κ2) is 37.4. The van der Waals surface area contributed by atoms with Crippen molar-refractivity contribution in [3.8, 4) is 80.1 Å². The lowest BCUT2D eigenvalue weighted by atomic mass is 9.89. The van der Waals surface area contributed by atoms with E-state index in [0.29, 0.717) is 12.8 Å². The number of rotatable bonds is 17. The van der Waals surface area contributed by atoms with Gasteiger partial charge in [-0.05, 0) is 114 Å². The molecule has 38 nitrogen and oxygen atoms in total. The summed E-state index contributed by atoms with van der Waals surface area (Å²) in [5, 5.41) is 178. The summed E-state index contributed by atoms with van der Waals surface area (Å²) in [5.74, 6) is -22.0. The number of likely N-dealkylation sites (N-methyl/N-ethyl adjacent to an activating group) is 1. The number of hydrogen-bond acceptors (Lipinski definition) is 29. The van der Waals surface area contributed by atoms with E-state index in [-0.39, 0.29) is 17.5 Å². The second-order valence-electron chi connectivity index (χ2n) is 29.7. The molecule has 1 unspecified atom stereocenters. The number of aromatic hydroxyl groups is 4. The number of aliphatic hydroxyl groups is 8. The number of carboxylic acid groups (broad SMARTS) is 2. The number of amides is 7. The molecule has 8 aliphatic heterocycles. The minimum absolute atomic E-state index is 0.0707. The third-order valence-corrected chi connectivity index (χ3v) is 22.7. The topological polar surface area (TPSA) is 598 Å². The zero-order valence-corrected chi connectivity index (χ0v) is 67.5. The van der Waals surface area contributed by atoms with Gasteiger partial charge in [-0.2, -0.15) is 0 Å². The number of hydrogen-bond donors (Lipinski definition) is 22. The summed E-state index contributed by atoms with van der Waals surface area (Å²) in [4.78, 5) is 136. The summed E-state index contributed by atoms with van der Waals surface area (Å²) in [7, 11) is 1.34. The van der Waals surface area contributed by atoms with E-state index >= 15 is 24.0 Å². The summed E-state index contributed by atoms with van der Waals surface area (Å²) >= 11 is 28.5. The average Bonchev–Trinajstić information content (AvgIpc) is 0.757. The van der Waals surface area contributed by atoms with E-state index in [2.05, 4.69) is 42.5 Å². The highest BCUT2D eigenvalue weighted by Crippen LogP contribution is 2.52. The molecule has 15 rings (SSSR count). The molecule has 654 valence electrons. The molecule has 0 saturated carbocycles. The predicted octanol–water partition coefficient (Wildman–Crippen LogP) is 4.35. The Hall–Kier alpha value is -11.3. The summed E-state index contributed by atoms with van der Waals surface area (Å²) in [6.45, 7) is 1.03. The molecule has 22 N–H and O–H groups in total. The minimum atomic E-state index is -2.59. The number of carbonyl (C=O) groups excluding carboxylic acids is 7. The molecule has 7 aromatic rings. The Morgan fingerprint density at radius 2 is 1.08 bits per heavy atom. The predicted molar refractivity (Wildman–Crippen MR) is 426 cm³/mol. The molecule has 8 aliphatic rings. The van der Waals surface area contributed by atoms with Crippen LogP contribution in [0, 0.1) is 0 Å². The van der Waals surface area contributed by atoms with Crippen LogP contribution in [0.2, 0.25) is 20.1 Å². The van der Waals surface area contributed by atoms with Gasteiger partial charge in [-0.1, -0.05) is 110 Å². The maximum Gasteiger partial charge on any atom is 0.335 e. The van der Waals surface area contributed by atoms with Crippen LogP contribution in [-0.4, -0.2) is 212 Å². The van der Waals surface area contributed by atoms with E-state index in [1.165, 1.54) is 19.2 Å². The first-order valence-corrected chi connectivity index (χ1v) is 39.9. The molecule has 7 amide bonds. The van der Waals surface area contributed by atoms with Crippen LogP contribution in [0.3, 0.4) is 0 Å². The van der Waals surface area contributed by atoms with Gasteiger partial charge in [0.25, 0.3) is 0 Å². The van der Waals surface area contributed by atoms with Gasteiger partial charge in [-0.15, -0.1) is 0 Å². The van der Waals surface area contributed by atoms with E-state index in [0.717, 1.165) is 123 Å². The van der Waals surface area contributed by atoms with Crippen molar-refractivity contribution >= 4 is 99.7 Å². The normalized spacial score (nSPS) is 27.0. The van der Waals surface area contributed by atoms with E-state index < -0.39 is 304 Å². The first-order valence-electron chi connectivity index (χ1n) is 38.4. The highest BCUT2D eigenvalue weighted by atomic mass is 35.5. The first kappa shape index (κ1) is 89.4. The number of nitrogens with one attached hydrogen (secondary N) is 8. The third-order valence-electron chi connectivity index (χ3n) is 21.5. The Morgan fingerprint density at radius 1 is 0.488 bits per heavy atom. The number of fused-ring (bicyclic) bond motifs is 14. The quantitative estimate of drug-likeness (QED) is 0.0564. The smallest absolute Gasteiger partial charge is 0.335 e. The minimum Gasteiger partial charge on any atom is -0.508 e. The Morgan fingerprint density at radius 3 is 1.75 bits per heavy atom. The van der Waals surface area contributed by atoms with Gasteiger partial charge in [0.1, 0.15) is 126 Å². The van der Waals surface area contributed by atoms with Gasteiger partial charge in [0.15, 0.2) is 40.9 Å². The molecule has 7 aromatic carbocycles. The van der Waals surface area contributed by atoms with Gasteiger partial charge in [-0.3, -0.25) is 33.6 Å². The maximum absolute atomic E-state index is 16.7. The van der Waals surface area contributed by atoms with Gasteiger partial charge in [0.05, 0.1) is 26.7 Å². The number of phenols is 4. The highest BCUT2D eigenvalue weighted by molar-refractivity contribution is 6.37. The van der Waals surface area contributed by atoms with Crippen molar-refractivity contribution in [1.29, 1.82) is 0 Å². The summed E-state index contributed by atoms with van der Waals surface area (Å²) < 4.78 is 43.7. The van der Waals surface area contributed by atoms with Crippen molar-refractivity contribution in [2.75, 3.05) is 13.7 Å². The van der Waals surface area contributed by atoms with Crippen molar-refractivity contribution in [2.45, 2.75) is 174 Å². The van der Waals surface area contributed by atoms with Crippen molar-refractivity contribution in [2.24, 2.45) is 0 Å². The largest absolute Gasteiger partial charge is 0.508 e. The van der Waals surface area contributed by atoms with Gasteiger partial charge in [0.2, 0.25) is 59.7 Å². The lowest BCUT2D eigenvalue weighted by Gasteiger charge is -2.41. The van der Waals surface area contributed by atoms with Crippen molar-refractivity contribution in [3.63, 3.8) is 0 Å². The van der Waals surface area contributed by atoms with Crippen LogP contribution in [0.4, 0.5) is 0 Å². The Balaban J connectivity index is 1.07. The molecule has 42 heteroatoms. The fourth-order valence-electron chi connectivity index (χ4n) is 15.0. The molecule has 2 fully saturated rings. The van der Waals surface area contributed by atoms with Crippen LogP contribution >= 0.6 is 46.4 Å². The monoisotopic (exact) mass is 1790 g/mol. The average molecular weight is 1790 g/mol. The lowest BCUT2D eigenvalue weighted by Crippen LogP contribution is -2.66. The molecular weight excluding hydrogens is 1710 g/mol. The number of phenolic OH excluding ortho intramolecular Hbond substituents is 4. The molecule has 0 aromatic heterocycles. The van der Waals surface area contributed by atoms with Gasteiger partial charge < -0.3 is 147 Å². The van der Waals surface area contributed by atoms with Crippen LogP contribution in [0.5, 0.6) is 69.0 Å². The number of aliphatic carboxylic acids is 2. The summed E-state index contributed by atoms with van der Waals surface area (Å²) in [6.07, 6.45) is -19.1. The van der Waals surface area contributed by atoms with Crippen LogP contribution in [0.15, 0.2) is 103 Å². The Kier molecular flexibility index (Phi) is 27.2. The number of ether oxygens (including phenoxy) is 7. The molecule has 0 spiro atoms. The summed E-state index contributed by atoms with van der Waals surface area (Å²) in [5.41, 5.74) is -4.54. The van der Waals surface area contributed by atoms with Crippen LogP contribution in [0.1, 0.15) is 140 Å². The Bertz CT molecular complexity index is 5300. The van der Waals surface area contributed by atoms with Gasteiger partial charge in [-0.25, -0.2) is 9.59 Å². The fraction of sp³-hybridized carbons (Fsp3) is 0.370. The second-order valence-corrected chi connectivity index (χ2v) is 31.3. The van der Waals surface area contributed by atoms with Crippen LogP contribution in [-0.2, 0) is 52.6 Å². The molecule has 123 heavy (non-hydrogen) atoms. The fourth-order valence-corrected chi connectivity index (χ4v) is 16.1. The third kappa shape index (κ3) is 18.7. The molecule has 17 bridgehead atoms. The zero-order chi connectivity index (χ0) is 88.6. The SMILES string of the molecule is CCCCCCCCCC(=O)N[C@@H]1[C@@H](Oc2c3cc4cc2Oc2c(Cl)cc(cc2Cl)[C@@H](O)[C@@H]2NC(=O)[C@H](NC(=O)[C@@H]4NC(=O)[C@H]4NC(=O)[C@H](NC(=O)[C@@H](NC)c5ccc(O)c(c5)Oc5cc(O)c(Cl)c4c5)[C@H](O)c4ccc(c(Cl)c4)O3)c3ccc(O)c(c3)-c3c(O[C@H]4O[C@@H](CO)[C@H](O)[C@@H](O)[C@H]4O)cc(O)cc3C(C(=O)O)NC2=O)O[C@@H](C(=O)O)[C@H](O)[C@H]1O. The van der Waals surface area contributed by atoms with Crippen LogP contribution in [0.25, 0.3) is 11.1 Å². The molecular formula is C81H82Cl4N8O30. The molecule has 8 heterocycles. The lowest BCUT2D eigenvalue weighted by molar-refractivity contribution is -0.277. The number of unbranched alkanes of at least 4 members (excludes halogenated alkanes) is 6. The van der Waals surface area contributed by atoms with Crippen molar-refractivity contribution in [3.05, 3.63) is 162 Å². The number of benzene rings is 7. The number of carbonyl (C=O) groups is 9. The van der Waals surface area contributed by atoms with Crippen molar-refractivity contribution < 1.29 is 148 Å². The zero-order valence-electron chi connectivity index (χ0n) is 64.5. The Labute approximate surface area is 716 Å².